The zero-order chi connectivity index (χ0) is 19.9. The Balaban J connectivity index is 1.77. The highest BCUT2D eigenvalue weighted by molar-refractivity contribution is 5.58. The number of ether oxygens (including phenoxy) is 1. The lowest BCUT2D eigenvalue weighted by Gasteiger charge is -2.46. The molecule has 1 saturated heterocycles. The SMILES string of the molecule is CNC[C@H]1CC[C@@H]2[C@H](O1)c1cc(C(F)(F)F)ccc1N[C@H]2c1ccccc1F. The van der Waals surface area contributed by atoms with E-state index < -0.39 is 17.8 Å². The summed E-state index contributed by atoms with van der Waals surface area (Å²) < 4.78 is 60.5. The average molecular weight is 394 g/mol. The largest absolute Gasteiger partial charge is 0.416 e. The lowest BCUT2D eigenvalue weighted by atomic mass is 9.76. The summed E-state index contributed by atoms with van der Waals surface area (Å²) in [6.45, 7) is 0.620. The van der Waals surface area contributed by atoms with E-state index in [-0.39, 0.29) is 23.9 Å². The number of fused-ring (bicyclic) bond motifs is 3. The number of alkyl halides is 3. The number of hydrogen-bond acceptors (Lipinski definition) is 3. The molecular weight excluding hydrogens is 372 g/mol. The minimum Gasteiger partial charge on any atom is -0.377 e. The maximum atomic E-state index is 14.5. The molecule has 0 spiro atoms. The molecule has 4 atom stereocenters. The van der Waals surface area contributed by atoms with Gasteiger partial charge in [0.25, 0.3) is 0 Å². The highest BCUT2D eigenvalue weighted by atomic mass is 19.4. The minimum atomic E-state index is -4.42. The Hall–Kier alpha value is -2.12. The van der Waals surface area contributed by atoms with Crippen molar-refractivity contribution >= 4 is 5.69 Å². The van der Waals surface area contributed by atoms with Crippen LogP contribution >= 0.6 is 0 Å². The molecule has 150 valence electrons. The number of halogens is 4. The summed E-state index contributed by atoms with van der Waals surface area (Å²) in [7, 11) is 1.82. The van der Waals surface area contributed by atoms with Crippen LogP contribution in [0.4, 0.5) is 23.2 Å². The van der Waals surface area contributed by atoms with Crippen LogP contribution in [-0.2, 0) is 10.9 Å². The summed E-state index contributed by atoms with van der Waals surface area (Å²) >= 11 is 0. The van der Waals surface area contributed by atoms with Crippen molar-refractivity contribution in [1.82, 2.24) is 5.32 Å². The van der Waals surface area contributed by atoms with Gasteiger partial charge in [0.05, 0.1) is 23.8 Å². The Bertz CT molecular complexity index is 855. The minimum absolute atomic E-state index is 0.0898. The summed E-state index contributed by atoms with van der Waals surface area (Å²) in [5.74, 6) is -0.479. The van der Waals surface area contributed by atoms with Crippen LogP contribution in [0.15, 0.2) is 42.5 Å². The third-order valence-corrected chi connectivity index (χ3v) is 5.65. The van der Waals surface area contributed by atoms with E-state index in [1.54, 1.807) is 18.2 Å². The number of benzene rings is 2. The summed E-state index contributed by atoms with van der Waals surface area (Å²) in [4.78, 5) is 0. The second-order valence-electron chi connectivity index (χ2n) is 7.42. The van der Waals surface area contributed by atoms with Crippen molar-refractivity contribution in [3.63, 3.8) is 0 Å². The lowest BCUT2D eigenvalue weighted by molar-refractivity contribution is -0.138. The van der Waals surface area contributed by atoms with E-state index in [0.717, 1.165) is 18.9 Å². The third kappa shape index (κ3) is 3.49. The van der Waals surface area contributed by atoms with Gasteiger partial charge in [-0.25, -0.2) is 4.39 Å². The molecule has 2 heterocycles. The van der Waals surface area contributed by atoms with Gasteiger partial charge in [-0.15, -0.1) is 0 Å². The molecule has 0 bridgehead atoms. The molecule has 2 aliphatic heterocycles. The van der Waals surface area contributed by atoms with Crippen LogP contribution in [0.25, 0.3) is 0 Å². The van der Waals surface area contributed by atoms with Gasteiger partial charge in [-0.05, 0) is 44.2 Å². The Morgan fingerprint density at radius 2 is 1.89 bits per heavy atom. The molecule has 0 amide bonds. The molecule has 3 nitrogen and oxygen atoms in total. The molecule has 0 unspecified atom stereocenters. The molecule has 4 rings (SSSR count). The number of hydrogen-bond donors (Lipinski definition) is 2. The van der Waals surface area contributed by atoms with Crippen molar-refractivity contribution in [3.8, 4) is 0 Å². The van der Waals surface area contributed by atoms with Crippen LogP contribution in [0.2, 0.25) is 0 Å². The predicted octanol–water partition coefficient (Wildman–Crippen LogP) is 5.07. The number of likely N-dealkylation sites (N-methyl/N-ethyl adjacent to an activating group) is 1. The van der Waals surface area contributed by atoms with Crippen molar-refractivity contribution < 1.29 is 22.3 Å². The van der Waals surface area contributed by atoms with E-state index >= 15 is 0 Å². The molecule has 2 aromatic rings. The zero-order valence-corrected chi connectivity index (χ0v) is 15.4. The van der Waals surface area contributed by atoms with Crippen molar-refractivity contribution in [2.45, 2.75) is 37.3 Å². The Morgan fingerprint density at radius 1 is 1.11 bits per heavy atom. The van der Waals surface area contributed by atoms with E-state index in [1.807, 2.05) is 7.05 Å². The molecule has 0 aliphatic carbocycles. The van der Waals surface area contributed by atoms with Gasteiger partial charge in [0, 0.05) is 29.3 Å². The molecule has 7 heteroatoms. The van der Waals surface area contributed by atoms with Gasteiger partial charge in [0.1, 0.15) is 5.82 Å². The summed E-state index contributed by atoms with van der Waals surface area (Å²) in [6, 6.07) is 9.81. The molecule has 0 radical (unpaired) electrons. The second kappa shape index (κ2) is 7.37. The highest BCUT2D eigenvalue weighted by Gasteiger charge is 2.44. The van der Waals surface area contributed by atoms with Crippen LogP contribution in [0.5, 0.6) is 0 Å². The smallest absolute Gasteiger partial charge is 0.377 e. The van der Waals surface area contributed by atoms with E-state index in [2.05, 4.69) is 10.6 Å². The molecule has 2 N–H and O–H groups in total. The first-order valence-electron chi connectivity index (χ1n) is 9.40. The normalized spacial score (nSPS) is 26.9. The van der Waals surface area contributed by atoms with Crippen molar-refractivity contribution in [3.05, 3.63) is 65.0 Å². The number of rotatable bonds is 3. The van der Waals surface area contributed by atoms with Crippen LogP contribution < -0.4 is 10.6 Å². The topological polar surface area (TPSA) is 33.3 Å². The Labute approximate surface area is 161 Å². The summed E-state index contributed by atoms with van der Waals surface area (Å²) in [6.07, 6.45) is -3.53. The van der Waals surface area contributed by atoms with Gasteiger partial charge in [-0.1, -0.05) is 18.2 Å². The first-order valence-corrected chi connectivity index (χ1v) is 9.40. The van der Waals surface area contributed by atoms with E-state index in [9.17, 15) is 17.6 Å². The van der Waals surface area contributed by atoms with Gasteiger partial charge >= 0.3 is 6.18 Å². The van der Waals surface area contributed by atoms with Crippen LogP contribution in [-0.4, -0.2) is 19.7 Å². The van der Waals surface area contributed by atoms with Gasteiger partial charge in [-0.3, -0.25) is 0 Å². The Morgan fingerprint density at radius 3 is 2.61 bits per heavy atom. The van der Waals surface area contributed by atoms with Crippen molar-refractivity contribution in [2.24, 2.45) is 5.92 Å². The van der Waals surface area contributed by atoms with Crippen LogP contribution in [0.1, 0.15) is 41.7 Å². The van der Waals surface area contributed by atoms with E-state index in [0.29, 0.717) is 23.4 Å². The fraction of sp³-hybridized carbons (Fsp3) is 0.429. The Kier molecular flexibility index (Phi) is 5.05. The van der Waals surface area contributed by atoms with Crippen LogP contribution in [0, 0.1) is 11.7 Å². The zero-order valence-electron chi connectivity index (χ0n) is 15.4. The summed E-state index contributed by atoms with van der Waals surface area (Å²) in [5.41, 5.74) is 0.870. The average Bonchev–Trinajstić information content (AvgIpc) is 2.67. The fourth-order valence-corrected chi connectivity index (χ4v) is 4.35. The first kappa shape index (κ1) is 19.2. The maximum Gasteiger partial charge on any atom is 0.416 e. The highest BCUT2D eigenvalue weighted by Crippen LogP contribution is 2.51. The van der Waals surface area contributed by atoms with Gasteiger partial charge in [0.15, 0.2) is 0 Å². The van der Waals surface area contributed by atoms with Gasteiger partial charge in [-0.2, -0.15) is 13.2 Å². The third-order valence-electron chi connectivity index (χ3n) is 5.65. The monoisotopic (exact) mass is 394 g/mol. The van der Waals surface area contributed by atoms with Gasteiger partial charge in [0.2, 0.25) is 0 Å². The number of nitrogens with one attached hydrogen (secondary N) is 2. The molecule has 28 heavy (non-hydrogen) atoms. The van der Waals surface area contributed by atoms with E-state index in [4.69, 9.17) is 4.74 Å². The molecule has 1 fully saturated rings. The maximum absolute atomic E-state index is 14.5. The quantitative estimate of drug-likeness (QED) is 0.714. The second-order valence-corrected chi connectivity index (χ2v) is 7.42. The lowest BCUT2D eigenvalue weighted by Crippen LogP contribution is -2.41. The first-order chi connectivity index (χ1) is 13.4. The molecule has 0 aromatic heterocycles. The van der Waals surface area contributed by atoms with Crippen molar-refractivity contribution in [2.75, 3.05) is 18.9 Å². The van der Waals surface area contributed by atoms with E-state index in [1.165, 1.54) is 18.2 Å². The standard InChI is InChI=1S/C21H22F4N2O/c1-26-11-13-7-8-15-19(14-4-2-3-5-17(14)22)27-18-9-6-12(21(23,24)25)10-16(18)20(15)28-13/h2-6,9-10,13,15,19-20,26-27H,7-8,11H2,1H3/t13-,15+,19+,20+/m1/s1. The van der Waals surface area contributed by atoms with Gasteiger partial charge < -0.3 is 15.4 Å². The fourth-order valence-electron chi connectivity index (χ4n) is 4.35. The molecule has 0 saturated carbocycles. The number of anilines is 1. The predicted molar refractivity (Wildman–Crippen MR) is 98.5 cm³/mol. The van der Waals surface area contributed by atoms with Crippen molar-refractivity contribution in [1.29, 1.82) is 0 Å². The van der Waals surface area contributed by atoms with Crippen LogP contribution in [0.3, 0.4) is 0 Å². The summed E-state index contributed by atoms with van der Waals surface area (Å²) in [5, 5.41) is 6.34. The molecule has 2 aliphatic rings. The molecule has 2 aromatic carbocycles. The molecular formula is C21H22F4N2O.